The summed E-state index contributed by atoms with van der Waals surface area (Å²) in [5.74, 6) is 0. The minimum atomic E-state index is 0.566. The van der Waals surface area contributed by atoms with Crippen molar-refractivity contribution in [1.29, 1.82) is 0 Å². The normalized spacial score (nSPS) is 11.2. The van der Waals surface area contributed by atoms with E-state index in [4.69, 9.17) is 4.98 Å². The summed E-state index contributed by atoms with van der Waals surface area (Å²) in [5, 5.41) is 6.76. The van der Waals surface area contributed by atoms with Gasteiger partial charge in [0.25, 0.3) is 0 Å². The highest BCUT2D eigenvalue weighted by atomic mass is 32.2. The maximum atomic E-state index is 4.74. The number of benzene rings is 1. The monoisotopic (exact) mass is 306 g/mol. The van der Waals surface area contributed by atoms with Crippen molar-refractivity contribution in [3.05, 3.63) is 35.3 Å². The second kappa shape index (κ2) is 7.81. The van der Waals surface area contributed by atoms with Gasteiger partial charge in [-0.25, -0.2) is 4.98 Å². The molecule has 2 rings (SSSR count). The Kier molecular flexibility index (Phi) is 6.07. The zero-order valence-electron chi connectivity index (χ0n) is 12.3. The highest BCUT2D eigenvalue weighted by Gasteiger charge is 2.05. The van der Waals surface area contributed by atoms with Crippen LogP contribution in [0.1, 0.15) is 26.0 Å². The highest BCUT2D eigenvalue weighted by Crippen LogP contribution is 2.26. The average molecular weight is 306 g/mol. The molecule has 20 heavy (non-hydrogen) atoms. The zero-order chi connectivity index (χ0) is 14.4. The van der Waals surface area contributed by atoms with Crippen LogP contribution in [0.5, 0.6) is 0 Å². The smallest absolute Gasteiger partial charge is 0.123 e. The molecule has 1 N–H and O–H groups in total. The van der Waals surface area contributed by atoms with E-state index in [1.165, 1.54) is 16.2 Å². The molecule has 0 fully saturated rings. The van der Waals surface area contributed by atoms with Gasteiger partial charge < -0.3 is 5.32 Å². The Morgan fingerprint density at radius 3 is 2.65 bits per heavy atom. The minimum absolute atomic E-state index is 0.566. The van der Waals surface area contributed by atoms with E-state index in [0.29, 0.717) is 6.04 Å². The number of hydrogen-bond acceptors (Lipinski definition) is 4. The number of hydrogen-bond donors (Lipinski definition) is 1. The van der Waals surface area contributed by atoms with Gasteiger partial charge in [0.05, 0.1) is 5.69 Å². The Morgan fingerprint density at radius 1 is 1.25 bits per heavy atom. The number of rotatable bonds is 7. The van der Waals surface area contributed by atoms with Crippen molar-refractivity contribution in [2.75, 3.05) is 12.8 Å². The van der Waals surface area contributed by atoms with E-state index in [1.54, 1.807) is 23.1 Å². The Hall–Kier alpha value is -0.840. The lowest BCUT2D eigenvalue weighted by Gasteiger charge is -2.06. The molecule has 0 aliphatic heterocycles. The lowest BCUT2D eigenvalue weighted by atomic mass is 10.2. The van der Waals surface area contributed by atoms with Crippen LogP contribution in [-0.2, 0) is 6.42 Å². The molecule has 0 spiro atoms. The molecule has 0 saturated heterocycles. The fourth-order valence-corrected chi connectivity index (χ4v) is 3.22. The topological polar surface area (TPSA) is 24.9 Å². The molecule has 0 amide bonds. The molecule has 1 heterocycles. The number of thiazole rings is 1. The first kappa shape index (κ1) is 15.5. The SMILES string of the molecule is CSc1ccc(-c2nc(CCCNC(C)C)cs2)cc1. The first-order valence-corrected chi connectivity index (χ1v) is 9.11. The lowest BCUT2D eigenvalue weighted by molar-refractivity contribution is 0.569. The molecule has 0 aliphatic rings. The van der Waals surface area contributed by atoms with Gasteiger partial charge >= 0.3 is 0 Å². The second-order valence-corrected chi connectivity index (χ2v) is 6.82. The molecule has 1 aromatic heterocycles. The minimum Gasteiger partial charge on any atom is -0.315 e. The third-order valence-electron chi connectivity index (χ3n) is 3.05. The summed E-state index contributed by atoms with van der Waals surface area (Å²) in [7, 11) is 0. The van der Waals surface area contributed by atoms with Gasteiger partial charge in [-0.15, -0.1) is 23.1 Å². The quantitative estimate of drug-likeness (QED) is 0.604. The number of nitrogens with zero attached hydrogens (tertiary/aromatic N) is 1. The molecular formula is C16H22N2S2. The third-order valence-corrected chi connectivity index (χ3v) is 4.73. The number of nitrogens with one attached hydrogen (secondary N) is 1. The summed E-state index contributed by atoms with van der Waals surface area (Å²) < 4.78 is 0. The maximum Gasteiger partial charge on any atom is 0.123 e. The summed E-state index contributed by atoms with van der Waals surface area (Å²) in [6, 6.07) is 9.21. The van der Waals surface area contributed by atoms with Crippen LogP contribution in [0.25, 0.3) is 10.6 Å². The van der Waals surface area contributed by atoms with E-state index in [1.807, 2.05) is 0 Å². The van der Waals surface area contributed by atoms with Crippen LogP contribution >= 0.6 is 23.1 Å². The van der Waals surface area contributed by atoms with Crippen molar-refractivity contribution in [3.8, 4) is 10.6 Å². The average Bonchev–Trinajstić information content (AvgIpc) is 2.92. The van der Waals surface area contributed by atoms with Crippen LogP contribution in [0.15, 0.2) is 34.5 Å². The van der Waals surface area contributed by atoms with Gasteiger partial charge in [-0.1, -0.05) is 26.0 Å². The molecule has 4 heteroatoms. The van der Waals surface area contributed by atoms with Gasteiger partial charge in [-0.2, -0.15) is 0 Å². The molecule has 0 bridgehead atoms. The summed E-state index contributed by atoms with van der Waals surface area (Å²) in [6.07, 6.45) is 4.30. The van der Waals surface area contributed by atoms with Crippen LogP contribution in [-0.4, -0.2) is 23.8 Å². The van der Waals surface area contributed by atoms with Crippen molar-refractivity contribution >= 4 is 23.1 Å². The van der Waals surface area contributed by atoms with E-state index < -0.39 is 0 Å². The standard InChI is InChI=1S/C16H22N2S2/c1-12(2)17-10-4-5-14-11-20-16(18-14)13-6-8-15(19-3)9-7-13/h6-9,11-12,17H,4-5,10H2,1-3H3. The van der Waals surface area contributed by atoms with Gasteiger partial charge in [-0.3, -0.25) is 0 Å². The summed E-state index contributed by atoms with van der Waals surface area (Å²) in [6.45, 7) is 5.42. The molecule has 2 nitrogen and oxygen atoms in total. The van der Waals surface area contributed by atoms with Crippen molar-refractivity contribution in [2.45, 2.75) is 37.6 Å². The largest absolute Gasteiger partial charge is 0.315 e. The number of thioether (sulfide) groups is 1. The highest BCUT2D eigenvalue weighted by molar-refractivity contribution is 7.98. The molecule has 0 radical (unpaired) electrons. The fraction of sp³-hybridized carbons (Fsp3) is 0.438. The lowest BCUT2D eigenvalue weighted by Crippen LogP contribution is -2.23. The Bertz CT molecular complexity index is 518. The molecule has 108 valence electrons. The van der Waals surface area contributed by atoms with E-state index in [0.717, 1.165) is 24.4 Å². The predicted molar refractivity (Wildman–Crippen MR) is 90.8 cm³/mol. The summed E-state index contributed by atoms with van der Waals surface area (Å²) >= 11 is 3.51. The summed E-state index contributed by atoms with van der Waals surface area (Å²) in [5.41, 5.74) is 2.43. The molecule has 2 aromatic rings. The first-order valence-electron chi connectivity index (χ1n) is 7.01. The Balaban J connectivity index is 1.90. The summed E-state index contributed by atoms with van der Waals surface area (Å²) in [4.78, 5) is 6.03. The molecule has 1 aromatic carbocycles. The molecule has 0 saturated carbocycles. The van der Waals surface area contributed by atoms with Crippen molar-refractivity contribution in [1.82, 2.24) is 10.3 Å². The fourth-order valence-electron chi connectivity index (χ4n) is 1.95. The van der Waals surface area contributed by atoms with Gasteiger partial charge in [0, 0.05) is 21.9 Å². The van der Waals surface area contributed by atoms with E-state index in [2.05, 4.69) is 55.1 Å². The van der Waals surface area contributed by atoms with Gasteiger partial charge in [0.2, 0.25) is 0 Å². The van der Waals surface area contributed by atoms with Crippen molar-refractivity contribution in [3.63, 3.8) is 0 Å². The van der Waals surface area contributed by atoms with Crippen molar-refractivity contribution in [2.24, 2.45) is 0 Å². The zero-order valence-corrected chi connectivity index (χ0v) is 14.0. The van der Waals surface area contributed by atoms with Crippen LogP contribution in [0.3, 0.4) is 0 Å². The van der Waals surface area contributed by atoms with Crippen LogP contribution in [0.4, 0.5) is 0 Å². The van der Waals surface area contributed by atoms with Crippen LogP contribution in [0, 0.1) is 0 Å². The van der Waals surface area contributed by atoms with E-state index >= 15 is 0 Å². The van der Waals surface area contributed by atoms with Gasteiger partial charge in [0.1, 0.15) is 5.01 Å². The van der Waals surface area contributed by atoms with Crippen molar-refractivity contribution < 1.29 is 0 Å². The molecular weight excluding hydrogens is 284 g/mol. The van der Waals surface area contributed by atoms with E-state index in [-0.39, 0.29) is 0 Å². The molecule has 0 atom stereocenters. The van der Waals surface area contributed by atoms with E-state index in [9.17, 15) is 0 Å². The van der Waals surface area contributed by atoms with Crippen LogP contribution in [0.2, 0.25) is 0 Å². The number of aryl methyl sites for hydroxylation is 1. The second-order valence-electron chi connectivity index (χ2n) is 5.08. The number of aromatic nitrogens is 1. The molecule has 0 unspecified atom stereocenters. The third kappa shape index (κ3) is 4.62. The Morgan fingerprint density at radius 2 is 2.00 bits per heavy atom. The van der Waals surface area contributed by atoms with Crippen LogP contribution < -0.4 is 5.32 Å². The molecule has 0 aliphatic carbocycles. The van der Waals surface area contributed by atoms with Gasteiger partial charge in [0.15, 0.2) is 0 Å². The predicted octanol–water partition coefficient (Wildman–Crippen LogP) is 4.46. The first-order chi connectivity index (χ1) is 9.69. The Labute approximate surface area is 130 Å². The maximum absolute atomic E-state index is 4.74. The van der Waals surface area contributed by atoms with Gasteiger partial charge in [-0.05, 0) is 37.8 Å².